The first-order valence-electron chi connectivity index (χ1n) is 6.60. The summed E-state index contributed by atoms with van der Waals surface area (Å²) in [4.78, 5) is 4.61. The fourth-order valence-corrected chi connectivity index (χ4v) is 2.81. The number of aryl methyl sites for hydroxylation is 2. The van der Waals surface area contributed by atoms with Gasteiger partial charge in [-0.05, 0) is 59.5 Å². The van der Waals surface area contributed by atoms with E-state index < -0.39 is 0 Å². The van der Waals surface area contributed by atoms with Gasteiger partial charge in [0.1, 0.15) is 11.6 Å². The van der Waals surface area contributed by atoms with Crippen LogP contribution in [-0.2, 0) is 6.42 Å². The van der Waals surface area contributed by atoms with E-state index in [1.54, 1.807) is 6.07 Å². The van der Waals surface area contributed by atoms with Gasteiger partial charge in [0.2, 0.25) is 0 Å². The summed E-state index contributed by atoms with van der Waals surface area (Å²) < 4.78 is 14.7. The number of anilines is 1. The highest BCUT2D eigenvalue weighted by Gasteiger charge is 2.13. The molecular formula is C15H18BrFN2. The minimum Gasteiger partial charge on any atom is -0.370 e. The summed E-state index contributed by atoms with van der Waals surface area (Å²) in [6, 6.07) is 3.71. The van der Waals surface area contributed by atoms with Crippen LogP contribution in [0.1, 0.15) is 31.4 Å². The Bertz CT molecular complexity index is 611. The number of pyridine rings is 1. The fraction of sp³-hybridized carbons (Fsp3) is 0.400. The van der Waals surface area contributed by atoms with Crippen LogP contribution < -0.4 is 5.32 Å². The van der Waals surface area contributed by atoms with Crippen molar-refractivity contribution in [3.63, 3.8) is 0 Å². The molecule has 0 unspecified atom stereocenters. The lowest BCUT2D eigenvalue weighted by molar-refractivity contribution is 0.632. The molecule has 0 amide bonds. The van der Waals surface area contributed by atoms with E-state index in [-0.39, 0.29) is 5.82 Å². The Morgan fingerprint density at radius 1 is 1.32 bits per heavy atom. The first kappa shape index (κ1) is 14.3. The lowest BCUT2D eigenvalue weighted by atomic mass is 10.0. The molecule has 1 heterocycles. The number of rotatable bonds is 4. The molecular weight excluding hydrogens is 307 g/mol. The lowest BCUT2D eigenvalue weighted by Gasteiger charge is -2.13. The Hall–Kier alpha value is -1.16. The molecule has 2 rings (SSSR count). The van der Waals surface area contributed by atoms with Crippen molar-refractivity contribution in [3.8, 4) is 0 Å². The smallest absolute Gasteiger partial charge is 0.146 e. The van der Waals surface area contributed by atoms with E-state index >= 15 is 0 Å². The van der Waals surface area contributed by atoms with Gasteiger partial charge in [0.15, 0.2) is 0 Å². The third-order valence-corrected chi connectivity index (χ3v) is 3.70. The van der Waals surface area contributed by atoms with Crippen molar-refractivity contribution in [2.45, 2.75) is 33.6 Å². The van der Waals surface area contributed by atoms with Gasteiger partial charge in [0.25, 0.3) is 0 Å². The summed E-state index contributed by atoms with van der Waals surface area (Å²) in [5.74, 6) is 0.648. The molecule has 19 heavy (non-hydrogen) atoms. The average molecular weight is 325 g/mol. The molecule has 1 N–H and O–H groups in total. The summed E-state index contributed by atoms with van der Waals surface area (Å²) in [5, 5.41) is 3.86. The quantitative estimate of drug-likeness (QED) is 0.871. The number of hydrogen-bond donors (Lipinski definition) is 1. The van der Waals surface area contributed by atoms with E-state index in [0.29, 0.717) is 9.86 Å². The summed E-state index contributed by atoms with van der Waals surface area (Å²) in [5.41, 5.74) is 2.79. The van der Waals surface area contributed by atoms with Crippen molar-refractivity contribution in [1.29, 1.82) is 0 Å². The predicted molar refractivity (Wildman–Crippen MR) is 82.3 cm³/mol. The second kappa shape index (κ2) is 5.87. The number of nitrogens with one attached hydrogen (secondary N) is 1. The van der Waals surface area contributed by atoms with Gasteiger partial charge in [0, 0.05) is 11.9 Å². The van der Waals surface area contributed by atoms with Crippen LogP contribution >= 0.6 is 15.9 Å². The highest BCUT2D eigenvalue weighted by molar-refractivity contribution is 9.10. The third-order valence-electron chi connectivity index (χ3n) is 3.13. The zero-order chi connectivity index (χ0) is 14.0. The van der Waals surface area contributed by atoms with Crippen LogP contribution in [0.3, 0.4) is 0 Å². The maximum absolute atomic E-state index is 14.2. The second-order valence-electron chi connectivity index (χ2n) is 4.66. The largest absolute Gasteiger partial charge is 0.370 e. The first-order chi connectivity index (χ1) is 9.08. The molecule has 4 heteroatoms. The highest BCUT2D eigenvalue weighted by atomic mass is 79.9. The summed E-state index contributed by atoms with van der Waals surface area (Å²) in [7, 11) is 0. The van der Waals surface area contributed by atoms with Gasteiger partial charge in [-0.15, -0.1) is 0 Å². The number of aromatic nitrogens is 1. The van der Waals surface area contributed by atoms with E-state index in [2.05, 4.69) is 33.2 Å². The molecule has 0 fully saturated rings. The number of halogens is 2. The van der Waals surface area contributed by atoms with Gasteiger partial charge in [-0.3, -0.25) is 0 Å². The van der Waals surface area contributed by atoms with E-state index in [9.17, 15) is 4.39 Å². The Balaban J connectivity index is 2.73. The maximum Gasteiger partial charge on any atom is 0.146 e. The molecule has 0 aliphatic rings. The van der Waals surface area contributed by atoms with Gasteiger partial charge in [-0.25, -0.2) is 9.37 Å². The topological polar surface area (TPSA) is 24.9 Å². The fourth-order valence-electron chi connectivity index (χ4n) is 2.25. The van der Waals surface area contributed by atoms with Crippen molar-refractivity contribution < 1.29 is 4.39 Å². The van der Waals surface area contributed by atoms with Crippen LogP contribution in [0.4, 0.5) is 10.2 Å². The summed E-state index contributed by atoms with van der Waals surface area (Å²) in [6.45, 7) is 6.92. The summed E-state index contributed by atoms with van der Waals surface area (Å²) in [6.07, 6.45) is 1.91. The molecule has 0 spiro atoms. The lowest BCUT2D eigenvalue weighted by Crippen LogP contribution is -2.05. The average Bonchev–Trinajstić information content (AvgIpc) is 2.38. The van der Waals surface area contributed by atoms with E-state index in [4.69, 9.17) is 0 Å². The molecule has 0 atom stereocenters. The number of fused-ring (bicyclic) bond motifs is 1. The first-order valence-corrected chi connectivity index (χ1v) is 7.39. The van der Waals surface area contributed by atoms with Crippen molar-refractivity contribution in [2.24, 2.45) is 0 Å². The Labute approximate surface area is 121 Å². The Morgan fingerprint density at radius 3 is 2.68 bits per heavy atom. The molecule has 102 valence electrons. The SMILES string of the molecule is CCCc1cc2c(F)c(Br)cc(C)c2nc1NCC. The maximum atomic E-state index is 14.2. The molecule has 2 nitrogen and oxygen atoms in total. The molecule has 0 saturated heterocycles. The second-order valence-corrected chi connectivity index (χ2v) is 5.52. The van der Waals surface area contributed by atoms with E-state index in [0.717, 1.165) is 41.8 Å². The van der Waals surface area contributed by atoms with Crippen LogP contribution in [0.25, 0.3) is 10.9 Å². The van der Waals surface area contributed by atoms with Crippen LogP contribution in [0, 0.1) is 12.7 Å². The van der Waals surface area contributed by atoms with E-state index in [1.165, 1.54) is 0 Å². The summed E-state index contributed by atoms with van der Waals surface area (Å²) >= 11 is 3.26. The van der Waals surface area contributed by atoms with Crippen molar-refractivity contribution in [1.82, 2.24) is 4.98 Å². The van der Waals surface area contributed by atoms with Gasteiger partial charge >= 0.3 is 0 Å². The van der Waals surface area contributed by atoms with Crippen molar-refractivity contribution in [3.05, 3.63) is 33.5 Å². The molecule has 0 aliphatic heterocycles. The van der Waals surface area contributed by atoms with Gasteiger partial charge in [-0.2, -0.15) is 0 Å². The van der Waals surface area contributed by atoms with Crippen LogP contribution in [-0.4, -0.2) is 11.5 Å². The van der Waals surface area contributed by atoms with Crippen LogP contribution in [0.2, 0.25) is 0 Å². The molecule has 1 aromatic heterocycles. The van der Waals surface area contributed by atoms with Gasteiger partial charge in [0.05, 0.1) is 9.99 Å². The molecule has 2 aromatic rings. The van der Waals surface area contributed by atoms with Crippen LogP contribution in [0.5, 0.6) is 0 Å². The van der Waals surface area contributed by atoms with Gasteiger partial charge in [-0.1, -0.05) is 13.3 Å². The normalized spacial score (nSPS) is 11.0. The highest BCUT2D eigenvalue weighted by Crippen LogP contribution is 2.30. The number of nitrogens with zero attached hydrogens (tertiary/aromatic N) is 1. The third kappa shape index (κ3) is 2.73. The molecule has 1 aromatic carbocycles. The zero-order valence-corrected chi connectivity index (χ0v) is 13.1. The van der Waals surface area contributed by atoms with Crippen molar-refractivity contribution >= 4 is 32.7 Å². The Morgan fingerprint density at radius 2 is 2.05 bits per heavy atom. The minimum absolute atomic E-state index is 0.228. The van der Waals surface area contributed by atoms with Gasteiger partial charge < -0.3 is 5.32 Å². The molecule has 0 radical (unpaired) electrons. The zero-order valence-electron chi connectivity index (χ0n) is 11.5. The number of hydrogen-bond acceptors (Lipinski definition) is 2. The Kier molecular flexibility index (Phi) is 4.40. The monoisotopic (exact) mass is 324 g/mol. The van der Waals surface area contributed by atoms with Crippen molar-refractivity contribution in [2.75, 3.05) is 11.9 Å². The van der Waals surface area contributed by atoms with Crippen LogP contribution in [0.15, 0.2) is 16.6 Å². The van der Waals surface area contributed by atoms with E-state index in [1.807, 2.05) is 19.9 Å². The standard InChI is InChI=1S/C15H18BrFN2/c1-4-6-10-8-11-13(17)12(16)7-9(3)14(11)19-15(10)18-5-2/h7-8H,4-6H2,1-3H3,(H,18,19). The minimum atomic E-state index is -0.228. The molecule has 0 aliphatic carbocycles. The molecule has 0 bridgehead atoms. The number of benzene rings is 1. The molecule has 0 saturated carbocycles. The predicted octanol–water partition coefficient (Wildman–Crippen LogP) is 4.83.